The van der Waals surface area contributed by atoms with Crippen LogP contribution in [0.15, 0.2) is 34.7 Å². The van der Waals surface area contributed by atoms with E-state index in [1.54, 1.807) is 28.9 Å². The molecule has 2 N–H and O–H groups in total. The molecule has 0 saturated heterocycles. The summed E-state index contributed by atoms with van der Waals surface area (Å²) < 4.78 is 17.6. The Morgan fingerprint density at radius 2 is 1.83 bits per heavy atom. The Balaban J connectivity index is 1.85. The Morgan fingerprint density at radius 1 is 1.17 bits per heavy atom. The molecule has 3 rings (SSSR count). The summed E-state index contributed by atoms with van der Waals surface area (Å²) in [5.74, 6) is 0.815. The molecule has 1 aromatic carbocycles. The van der Waals surface area contributed by atoms with Gasteiger partial charge in [0.25, 0.3) is 0 Å². The van der Waals surface area contributed by atoms with Gasteiger partial charge in [0, 0.05) is 12.0 Å². The third-order valence-corrected chi connectivity index (χ3v) is 4.62. The first-order chi connectivity index (χ1) is 14.5. The lowest BCUT2D eigenvalue weighted by molar-refractivity contribution is 0.0599. The van der Waals surface area contributed by atoms with Crippen molar-refractivity contribution in [1.82, 2.24) is 14.9 Å². The van der Waals surface area contributed by atoms with Crippen LogP contribution in [0.1, 0.15) is 45.6 Å². The van der Waals surface area contributed by atoms with Crippen LogP contribution in [-0.2, 0) is 22.4 Å². The lowest BCUT2D eigenvalue weighted by Crippen LogP contribution is -2.17. The van der Waals surface area contributed by atoms with Gasteiger partial charge in [0.15, 0.2) is 5.82 Å². The molecule has 0 unspecified atom stereocenters. The summed E-state index contributed by atoms with van der Waals surface area (Å²) in [5.41, 5.74) is 4.18. The lowest BCUT2D eigenvalue weighted by Gasteiger charge is -2.08. The quantitative estimate of drug-likeness (QED) is 0.413. The van der Waals surface area contributed by atoms with Crippen LogP contribution in [0.3, 0.4) is 0 Å². The first kappa shape index (κ1) is 21.3. The maximum atomic E-state index is 12.0. The van der Waals surface area contributed by atoms with Crippen molar-refractivity contribution in [3.63, 3.8) is 0 Å². The minimum absolute atomic E-state index is 0.223. The highest BCUT2D eigenvalue weighted by molar-refractivity contribution is 7.71. The predicted octanol–water partition coefficient (Wildman–Crippen LogP) is 3.47. The van der Waals surface area contributed by atoms with Crippen LogP contribution >= 0.6 is 12.2 Å². The zero-order valence-electron chi connectivity index (χ0n) is 16.9. The van der Waals surface area contributed by atoms with Crippen molar-refractivity contribution >= 4 is 24.2 Å². The number of carbonyl (C=O) groups excluding carboxylic acids is 2. The van der Waals surface area contributed by atoms with E-state index in [0.717, 1.165) is 18.7 Å². The molecule has 2 heterocycles. The number of ether oxygens (including phenoxy) is 2. The van der Waals surface area contributed by atoms with Crippen molar-refractivity contribution in [2.24, 2.45) is 0 Å². The molecular weight excluding hydrogens is 408 g/mol. The molecule has 0 radical (unpaired) electrons. The van der Waals surface area contributed by atoms with Crippen LogP contribution < -0.4 is 5.43 Å². The van der Waals surface area contributed by atoms with Gasteiger partial charge in [-0.25, -0.2) is 14.3 Å². The summed E-state index contributed by atoms with van der Waals surface area (Å²) >= 11 is 5.25. The minimum atomic E-state index is -0.562. The highest BCUT2D eigenvalue weighted by atomic mass is 32.1. The fourth-order valence-electron chi connectivity index (χ4n) is 2.91. The molecule has 0 spiro atoms. The van der Waals surface area contributed by atoms with Crippen LogP contribution in [0.5, 0.6) is 0 Å². The molecule has 3 aromatic rings. The topological polar surface area (TPSA) is 111 Å². The zero-order chi connectivity index (χ0) is 21.7. The Labute approximate surface area is 178 Å². The van der Waals surface area contributed by atoms with Gasteiger partial charge in [-0.15, -0.1) is 0 Å². The molecule has 0 saturated carbocycles. The number of rotatable bonds is 8. The summed E-state index contributed by atoms with van der Waals surface area (Å²) in [5, 5.41) is 6.97. The van der Waals surface area contributed by atoms with Crippen molar-refractivity contribution in [3.8, 4) is 11.3 Å². The second-order valence-electron chi connectivity index (χ2n) is 6.41. The van der Waals surface area contributed by atoms with Crippen molar-refractivity contribution in [2.45, 2.75) is 26.3 Å². The van der Waals surface area contributed by atoms with Gasteiger partial charge in [0.1, 0.15) is 11.5 Å². The van der Waals surface area contributed by atoms with E-state index in [2.05, 4.69) is 22.5 Å². The highest BCUT2D eigenvalue weighted by Gasteiger charge is 2.16. The summed E-state index contributed by atoms with van der Waals surface area (Å²) in [4.78, 5) is 24.0. The van der Waals surface area contributed by atoms with E-state index in [4.69, 9.17) is 26.1 Å². The SMILES string of the molecule is CCCc1n[nH]c(=S)n1NCc1ccc(-c2cc(C(=O)OC)cc(C(=O)OC)c2)o1. The Bertz CT molecular complexity index is 1080. The number of H-pyrrole nitrogens is 1. The highest BCUT2D eigenvalue weighted by Crippen LogP contribution is 2.26. The molecule has 10 heteroatoms. The van der Waals surface area contributed by atoms with E-state index in [-0.39, 0.29) is 11.1 Å². The minimum Gasteiger partial charge on any atom is -0.465 e. The van der Waals surface area contributed by atoms with Crippen molar-refractivity contribution in [1.29, 1.82) is 0 Å². The first-order valence-corrected chi connectivity index (χ1v) is 9.68. The molecule has 0 aliphatic rings. The number of aryl methyl sites for hydroxylation is 1. The van der Waals surface area contributed by atoms with Crippen LogP contribution in [0.25, 0.3) is 11.3 Å². The molecular formula is C20H22N4O5S. The van der Waals surface area contributed by atoms with Gasteiger partial charge >= 0.3 is 11.9 Å². The molecule has 0 aliphatic carbocycles. The van der Waals surface area contributed by atoms with Crippen LogP contribution in [0, 0.1) is 4.77 Å². The van der Waals surface area contributed by atoms with Gasteiger partial charge in [-0.1, -0.05) is 6.92 Å². The molecule has 0 amide bonds. The van der Waals surface area contributed by atoms with E-state index >= 15 is 0 Å². The molecule has 0 aliphatic heterocycles. The third-order valence-electron chi connectivity index (χ3n) is 4.35. The van der Waals surface area contributed by atoms with Crippen molar-refractivity contribution < 1.29 is 23.5 Å². The maximum absolute atomic E-state index is 12.0. The van der Waals surface area contributed by atoms with Crippen LogP contribution in [0.4, 0.5) is 0 Å². The average molecular weight is 430 g/mol. The number of esters is 2. The number of nitrogens with one attached hydrogen (secondary N) is 2. The number of methoxy groups -OCH3 is 2. The standard InChI is InChI=1S/C20H22N4O5S/c1-4-5-17-22-23-20(30)24(17)21-11-15-6-7-16(29-15)12-8-13(18(25)27-2)10-14(9-12)19(26)28-3/h6-10,21H,4-5,11H2,1-3H3,(H,23,30). The number of hydrogen-bond acceptors (Lipinski definition) is 8. The number of hydrogen-bond donors (Lipinski definition) is 2. The molecule has 30 heavy (non-hydrogen) atoms. The van der Waals surface area contributed by atoms with E-state index in [1.165, 1.54) is 20.3 Å². The maximum Gasteiger partial charge on any atom is 0.337 e. The van der Waals surface area contributed by atoms with Gasteiger partial charge < -0.3 is 19.3 Å². The van der Waals surface area contributed by atoms with E-state index in [0.29, 0.717) is 28.4 Å². The van der Waals surface area contributed by atoms with Gasteiger partial charge in [-0.3, -0.25) is 5.10 Å². The zero-order valence-corrected chi connectivity index (χ0v) is 17.7. The number of aromatic amines is 1. The number of aromatic nitrogens is 3. The molecule has 0 bridgehead atoms. The van der Waals surface area contributed by atoms with Crippen molar-refractivity contribution in [3.05, 3.63) is 57.8 Å². The van der Waals surface area contributed by atoms with Gasteiger partial charge in [0.05, 0.1) is 31.9 Å². The molecule has 0 atom stereocenters. The second kappa shape index (κ2) is 9.40. The predicted molar refractivity (Wildman–Crippen MR) is 111 cm³/mol. The molecule has 0 fully saturated rings. The largest absolute Gasteiger partial charge is 0.465 e. The third kappa shape index (κ3) is 4.60. The lowest BCUT2D eigenvalue weighted by atomic mass is 10.0. The van der Waals surface area contributed by atoms with Gasteiger partial charge in [-0.05, 0) is 49.0 Å². The molecule has 9 nitrogen and oxygen atoms in total. The summed E-state index contributed by atoms with van der Waals surface area (Å²) in [6.07, 6.45) is 1.71. The van der Waals surface area contributed by atoms with Gasteiger partial charge in [-0.2, -0.15) is 5.10 Å². The fourth-order valence-corrected chi connectivity index (χ4v) is 3.13. The van der Waals surface area contributed by atoms with E-state index < -0.39 is 11.9 Å². The Morgan fingerprint density at radius 3 is 2.43 bits per heavy atom. The van der Waals surface area contributed by atoms with Crippen LogP contribution in [-0.4, -0.2) is 41.0 Å². The second-order valence-corrected chi connectivity index (χ2v) is 6.80. The monoisotopic (exact) mass is 430 g/mol. The molecule has 2 aromatic heterocycles. The van der Waals surface area contributed by atoms with Crippen LogP contribution in [0.2, 0.25) is 0 Å². The number of carbonyl (C=O) groups is 2. The van der Waals surface area contributed by atoms with E-state index in [9.17, 15) is 9.59 Å². The number of nitrogens with zero attached hydrogens (tertiary/aromatic N) is 2. The normalized spacial score (nSPS) is 10.6. The molecule has 158 valence electrons. The van der Waals surface area contributed by atoms with Crippen molar-refractivity contribution in [2.75, 3.05) is 19.6 Å². The van der Waals surface area contributed by atoms with E-state index in [1.807, 2.05) is 0 Å². The number of benzene rings is 1. The smallest absolute Gasteiger partial charge is 0.337 e. The fraction of sp³-hybridized carbons (Fsp3) is 0.300. The Hall–Kier alpha value is -3.40. The Kier molecular flexibility index (Phi) is 6.68. The number of furan rings is 1. The average Bonchev–Trinajstić information content (AvgIpc) is 3.38. The van der Waals surface area contributed by atoms with Gasteiger partial charge in [0.2, 0.25) is 4.77 Å². The summed E-state index contributed by atoms with van der Waals surface area (Å²) in [6, 6.07) is 8.17. The summed E-state index contributed by atoms with van der Waals surface area (Å²) in [7, 11) is 2.55. The first-order valence-electron chi connectivity index (χ1n) is 9.27. The summed E-state index contributed by atoms with van der Waals surface area (Å²) in [6.45, 7) is 2.43.